The molecule has 5 heteroatoms. The van der Waals surface area contributed by atoms with Crippen molar-refractivity contribution in [1.29, 1.82) is 0 Å². The summed E-state index contributed by atoms with van der Waals surface area (Å²) in [5, 5.41) is 3.77. The lowest BCUT2D eigenvalue weighted by Crippen LogP contribution is -2.35. The average molecular weight is 294 g/mol. The van der Waals surface area contributed by atoms with Crippen molar-refractivity contribution in [3.8, 4) is 0 Å². The average Bonchev–Trinajstić information content (AvgIpc) is 2.39. The number of rotatable bonds is 4. The molecule has 0 saturated heterocycles. The molecule has 1 aromatic heterocycles. The van der Waals surface area contributed by atoms with Crippen molar-refractivity contribution in [2.45, 2.75) is 32.7 Å². The van der Waals surface area contributed by atoms with E-state index >= 15 is 0 Å². The highest BCUT2D eigenvalue weighted by Crippen LogP contribution is 2.22. The fraction of sp³-hybridized carbons (Fsp3) is 0.333. The predicted molar refractivity (Wildman–Crippen MR) is 79.3 cm³/mol. The van der Waals surface area contributed by atoms with Crippen molar-refractivity contribution in [2.75, 3.05) is 0 Å². The van der Waals surface area contributed by atoms with Gasteiger partial charge in [-0.1, -0.05) is 37.1 Å². The third-order valence-electron chi connectivity index (χ3n) is 3.06. The molecule has 1 atom stereocenters. The van der Waals surface area contributed by atoms with Gasteiger partial charge >= 0.3 is 5.63 Å². The van der Waals surface area contributed by atoms with Gasteiger partial charge in [0.15, 0.2) is 5.58 Å². The molecule has 0 unspecified atom stereocenters. The van der Waals surface area contributed by atoms with Crippen LogP contribution < -0.4 is 10.9 Å². The number of hydrogen-bond acceptors (Lipinski definition) is 3. The third-order valence-corrected chi connectivity index (χ3v) is 3.35. The van der Waals surface area contributed by atoms with Crippen molar-refractivity contribution in [2.24, 2.45) is 0 Å². The Labute approximate surface area is 121 Å². The molecule has 20 heavy (non-hydrogen) atoms. The van der Waals surface area contributed by atoms with Crippen LogP contribution in [0, 0.1) is 0 Å². The van der Waals surface area contributed by atoms with E-state index in [0.29, 0.717) is 16.0 Å². The van der Waals surface area contributed by atoms with E-state index in [-0.39, 0.29) is 11.6 Å². The topological polar surface area (TPSA) is 59.3 Å². The van der Waals surface area contributed by atoms with Gasteiger partial charge in [-0.05, 0) is 25.5 Å². The second kappa shape index (κ2) is 6.09. The molecule has 2 aromatic rings. The Hall–Kier alpha value is -1.81. The zero-order valence-electron chi connectivity index (χ0n) is 11.4. The summed E-state index contributed by atoms with van der Waals surface area (Å²) in [6, 6.07) is 6.65. The fourth-order valence-electron chi connectivity index (χ4n) is 2.07. The van der Waals surface area contributed by atoms with Gasteiger partial charge in [-0.15, -0.1) is 0 Å². The van der Waals surface area contributed by atoms with Crippen molar-refractivity contribution >= 4 is 28.5 Å². The highest BCUT2D eigenvalue weighted by molar-refractivity contribution is 6.34. The number of carbonyl (C=O) groups excluding carboxylic acids is 1. The lowest BCUT2D eigenvalue weighted by atomic mass is 10.1. The standard InChI is InChI=1S/C15H16ClNO3/c1-3-5-9(2)17-14(18)11-8-10-6-4-7-12(16)13(10)20-15(11)19/h4,6-9H,3,5H2,1-2H3,(H,17,18)/t9-/m1/s1. The number of carbonyl (C=O) groups is 1. The van der Waals surface area contributed by atoms with Crippen LogP contribution in [-0.2, 0) is 0 Å². The Morgan fingerprint density at radius 3 is 2.90 bits per heavy atom. The first-order valence-corrected chi connectivity index (χ1v) is 6.94. The number of fused-ring (bicyclic) bond motifs is 1. The van der Waals surface area contributed by atoms with Crippen molar-refractivity contribution in [1.82, 2.24) is 5.32 Å². The Morgan fingerprint density at radius 1 is 1.45 bits per heavy atom. The van der Waals surface area contributed by atoms with Crippen LogP contribution >= 0.6 is 11.6 Å². The van der Waals surface area contributed by atoms with Gasteiger partial charge in [-0.2, -0.15) is 0 Å². The molecule has 1 N–H and O–H groups in total. The summed E-state index contributed by atoms with van der Waals surface area (Å²) in [5.41, 5.74) is -0.369. The summed E-state index contributed by atoms with van der Waals surface area (Å²) >= 11 is 5.95. The second-order valence-electron chi connectivity index (χ2n) is 4.77. The maximum absolute atomic E-state index is 12.1. The third kappa shape index (κ3) is 3.02. The molecule has 0 saturated carbocycles. The number of nitrogens with one attached hydrogen (secondary N) is 1. The Bertz CT molecular complexity index is 693. The van der Waals surface area contributed by atoms with E-state index in [2.05, 4.69) is 5.32 Å². The molecular weight excluding hydrogens is 278 g/mol. The van der Waals surface area contributed by atoms with Crippen LogP contribution in [0.2, 0.25) is 5.02 Å². The molecule has 0 spiro atoms. The molecule has 0 aliphatic carbocycles. The number of benzene rings is 1. The quantitative estimate of drug-likeness (QED) is 0.879. The van der Waals surface area contributed by atoms with Gasteiger partial charge in [-0.3, -0.25) is 4.79 Å². The SMILES string of the molecule is CCC[C@@H](C)NC(=O)c1cc2cccc(Cl)c2oc1=O. The molecule has 106 valence electrons. The van der Waals surface area contributed by atoms with Crippen molar-refractivity contribution in [3.05, 3.63) is 45.3 Å². The van der Waals surface area contributed by atoms with Gasteiger partial charge in [-0.25, -0.2) is 4.79 Å². The molecule has 0 bridgehead atoms. The van der Waals surface area contributed by atoms with Gasteiger partial charge in [0.05, 0.1) is 5.02 Å². The minimum absolute atomic E-state index is 0.00252. The summed E-state index contributed by atoms with van der Waals surface area (Å²) < 4.78 is 5.14. The maximum atomic E-state index is 12.1. The van der Waals surface area contributed by atoms with Crippen molar-refractivity contribution < 1.29 is 9.21 Å². The van der Waals surface area contributed by atoms with Gasteiger partial charge in [0.25, 0.3) is 5.91 Å². The molecular formula is C15H16ClNO3. The highest BCUT2D eigenvalue weighted by atomic mass is 35.5. The maximum Gasteiger partial charge on any atom is 0.349 e. The van der Waals surface area contributed by atoms with Gasteiger partial charge in [0, 0.05) is 11.4 Å². The molecule has 4 nitrogen and oxygen atoms in total. The Morgan fingerprint density at radius 2 is 2.20 bits per heavy atom. The van der Waals surface area contributed by atoms with Crippen LogP contribution in [-0.4, -0.2) is 11.9 Å². The minimum atomic E-state index is -0.674. The van der Waals surface area contributed by atoms with E-state index in [9.17, 15) is 9.59 Å². The summed E-state index contributed by atoms with van der Waals surface area (Å²) in [4.78, 5) is 24.0. The molecule has 1 aromatic carbocycles. The van der Waals surface area contributed by atoms with Crippen LogP contribution in [0.15, 0.2) is 33.5 Å². The lowest BCUT2D eigenvalue weighted by molar-refractivity contribution is 0.0935. The number of amides is 1. The monoisotopic (exact) mass is 293 g/mol. The Kier molecular flexibility index (Phi) is 4.45. The molecule has 0 radical (unpaired) electrons. The molecule has 1 heterocycles. The van der Waals surface area contributed by atoms with Crippen LogP contribution in [0.25, 0.3) is 11.0 Å². The zero-order chi connectivity index (χ0) is 14.7. The first kappa shape index (κ1) is 14.6. The van der Waals surface area contributed by atoms with E-state index in [4.69, 9.17) is 16.0 Å². The van der Waals surface area contributed by atoms with Crippen LogP contribution in [0.4, 0.5) is 0 Å². The highest BCUT2D eigenvalue weighted by Gasteiger charge is 2.16. The van der Waals surface area contributed by atoms with Gasteiger partial charge in [0.1, 0.15) is 5.56 Å². The number of hydrogen-bond donors (Lipinski definition) is 1. The summed E-state index contributed by atoms with van der Waals surface area (Å²) in [6.07, 6.45) is 1.82. The van der Waals surface area contributed by atoms with E-state index < -0.39 is 11.5 Å². The normalized spacial score (nSPS) is 12.3. The number of halogens is 1. The van der Waals surface area contributed by atoms with Gasteiger partial charge in [0.2, 0.25) is 0 Å². The first-order valence-electron chi connectivity index (χ1n) is 6.56. The molecule has 0 aliphatic heterocycles. The van der Waals surface area contributed by atoms with E-state index in [1.807, 2.05) is 13.8 Å². The molecule has 1 amide bonds. The van der Waals surface area contributed by atoms with Crippen LogP contribution in [0.3, 0.4) is 0 Å². The molecule has 2 rings (SSSR count). The van der Waals surface area contributed by atoms with Crippen molar-refractivity contribution in [3.63, 3.8) is 0 Å². The van der Waals surface area contributed by atoms with E-state index in [1.54, 1.807) is 18.2 Å². The van der Waals surface area contributed by atoms with Crippen LogP contribution in [0.1, 0.15) is 37.0 Å². The lowest BCUT2D eigenvalue weighted by Gasteiger charge is -2.12. The molecule has 0 fully saturated rings. The molecule has 0 aliphatic rings. The van der Waals surface area contributed by atoms with Gasteiger partial charge < -0.3 is 9.73 Å². The summed E-state index contributed by atoms with van der Waals surface area (Å²) in [6.45, 7) is 3.94. The second-order valence-corrected chi connectivity index (χ2v) is 5.18. The zero-order valence-corrected chi connectivity index (χ0v) is 12.2. The summed E-state index contributed by atoms with van der Waals surface area (Å²) in [7, 11) is 0. The predicted octanol–water partition coefficient (Wildman–Crippen LogP) is 3.36. The fourth-order valence-corrected chi connectivity index (χ4v) is 2.29. The first-order chi connectivity index (χ1) is 9.52. The Balaban J connectivity index is 2.38. The summed E-state index contributed by atoms with van der Waals surface area (Å²) in [5.74, 6) is -0.415. The van der Waals surface area contributed by atoms with E-state index in [0.717, 1.165) is 12.8 Å². The number of para-hydroxylation sites is 1. The minimum Gasteiger partial charge on any atom is -0.421 e. The van der Waals surface area contributed by atoms with Crippen LogP contribution in [0.5, 0.6) is 0 Å². The largest absolute Gasteiger partial charge is 0.421 e. The van der Waals surface area contributed by atoms with E-state index in [1.165, 1.54) is 6.07 Å². The smallest absolute Gasteiger partial charge is 0.349 e.